The van der Waals surface area contributed by atoms with Gasteiger partial charge in [0, 0.05) is 0 Å². The molecule has 0 aromatic carbocycles. The summed E-state index contributed by atoms with van der Waals surface area (Å²) in [6.07, 6.45) is 0. The van der Waals surface area contributed by atoms with Crippen LogP contribution in [0.1, 0.15) is 0 Å². The Hall–Kier alpha value is 0.170. The summed E-state index contributed by atoms with van der Waals surface area (Å²) < 4.78 is 4.49. The average molecular weight is 173 g/mol. The molecule has 3 nitrogen and oxygen atoms in total. The first kappa shape index (κ1) is 9.17. The van der Waals surface area contributed by atoms with Crippen molar-refractivity contribution in [3.8, 4) is 0 Å². The average Bonchev–Trinajstić information content (AvgIpc) is 1.63. The Morgan fingerprint density at radius 1 is 1.78 bits per heavy atom. The van der Waals surface area contributed by atoms with Gasteiger partial charge >= 0.3 is 0 Å². The fraction of sp³-hybridized carbons (Fsp3) is 0.750. The molecule has 5 heteroatoms. The molecular weight excluding hydrogens is 167 g/mol. The molecule has 0 rings (SSSR count). The van der Waals surface area contributed by atoms with Crippen molar-refractivity contribution in [2.45, 2.75) is 5.56 Å². The van der Waals surface area contributed by atoms with Crippen LogP contribution in [0.5, 0.6) is 0 Å². The summed E-state index contributed by atoms with van der Waals surface area (Å²) in [5.74, 6) is 0. The van der Waals surface area contributed by atoms with Gasteiger partial charge in [-0.1, -0.05) is 11.6 Å². The first-order valence-electron chi connectivity index (χ1n) is 2.21. The van der Waals surface area contributed by atoms with Crippen LogP contribution in [-0.4, -0.2) is 29.1 Å². The molecule has 54 valence electrons. The fourth-order valence-electron chi connectivity index (χ4n) is 0.236. The van der Waals surface area contributed by atoms with Crippen LogP contribution in [0.2, 0.25) is 0 Å². The minimum absolute atomic E-state index is 0.0833. The Balaban J connectivity index is 3.01. The summed E-state index contributed by atoms with van der Waals surface area (Å²) in [7, 11) is 0. The van der Waals surface area contributed by atoms with E-state index in [0.717, 1.165) is 0 Å². The Morgan fingerprint density at radius 3 is 2.67 bits per heavy atom. The van der Waals surface area contributed by atoms with Gasteiger partial charge in [0.2, 0.25) is 5.24 Å². The monoisotopic (exact) mass is 172 g/mol. The Labute approximate surface area is 62.5 Å². The minimum atomic E-state index is -1.07. The van der Waals surface area contributed by atoms with E-state index in [1.54, 1.807) is 0 Å². The van der Waals surface area contributed by atoms with Gasteiger partial charge in [0.05, 0.1) is 6.61 Å². The van der Waals surface area contributed by atoms with Gasteiger partial charge in [-0.3, -0.25) is 4.79 Å². The third-order valence-corrected chi connectivity index (χ3v) is 0.706. The van der Waals surface area contributed by atoms with E-state index in [-0.39, 0.29) is 13.2 Å². The second-order valence-electron chi connectivity index (χ2n) is 1.30. The van der Waals surface area contributed by atoms with Crippen molar-refractivity contribution in [3.63, 3.8) is 0 Å². The summed E-state index contributed by atoms with van der Waals surface area (Å²) in [6.45, 7) is -0.300. The number of alkyl halides is 1. The van der Waals surface area contributed by atoms with Gasteiger partial charge in [-0.2, -0.15) is 0 Å². The van der Waals surface area contributed by atoms with Crippen molar-refractivity contribution in [1.29, 1.82) is 0 Å². The van der Waals surface area contributed by atoms with Gasteiger partial charge in [0.25, 0.3) is 0 Å². The molecule has 0 spiro atoms. The van der Waals surface area contributed by atoms with E-state index < -0.39 is 10.8 Å². The maximum Gasteiger partial charge on any atom is 0.247 e. The molecule has 0 radical (unpaired) electrons. The zero-order chi connectivity index (χ0) is 7.28. The maximum atomic E-state index is 9.94. The highest BCUT2D eigenvalue weighted by atomic mass is 35.5. The Bertz CT molecular complexity index is 93.8. The van der Waals surface area contributed by atoms with Crippen molar-refractivity contribution in [2.75, 3.05) is 13.2 Å². The molecule has 9 heavy (non-hydrogen) atoms. The van der Waals surface area contributed by atoms with E-state index in [4.69, 9.17) is 28.3 Å². The Morgan fingerprint density at radius 2 is 2.33 bits per heavy atom. The number of hydrogen-bond acceptors (Lipinski definition) is 3. The molecule has 0 aromatic rings. The highest BCUT2D eigenvalue weighted by Crippen LogP contribution is 1.90. The molecule has 0 aromatic heterocycles. The molecule has 1 atom stereocenters. The van der Waals surface area contributed by atoms with E-state index in [1.807, 2.05) is 0 Å². The number of carbonyl (C=O) groups excluding carboxylic acids is 1. The normalized spacial score (nSPS) is 13.2. The standard InChI is InChI=1S/C4H6Cl2O3/c5-3(7)1-9-2-4(6)8/h3,7H,1-2H2. The second-order valence-corrected chi connectivity index (χ2v) is 2.23. The number of hydrogen-bond donors (Lipinski definition) is 1. The predicted octanol–water partition coefficient (Wildman–Crippen LogP) is 0.326. The van der Waals surface area contributed by atoms with E-state index in [9.17, 15) is 4.79 Å². The van der Waals surface area contributed by atoms with Crippen molar-refractivity contribution in [1.82, 2.24) is 0 Å². The van der Waals surface area contributed by atoms with Crippen LogP contribution >= 0.6 is 23.2 Å². The first-order chi connectivity index (χ1) is 4.13. The molecule has 0 heterocycles. The lowest BCUT2D eigenvalue weighted by molar-refractivity contribution is -0.116. The minimum Gasteiger partial charge on any atom is -0.375 e. The maximum absolute atomic E-state index is 9.94. The SMILES string of the molecule is O=C(Cl)COCC(O)Cl. The van der Waals surface area contributed by atoms with Crippen LogP contribution in [0.25, 0.3) is 0 Å². The van der Waals surface area contributed by atoms with Crippen LogP contribution in [0.3, 0.4) is 0 Å². The number of halogens is 2. The molecule has 1 unspecified atom stereocenters. The van der Waals surface area contributed by atoms with Gasteiger partial charge < -0.3 is 9.84 Å². The van der Waals surface area contributed by atoms with Crippen LogP contribution in [0, 0.1) is 0 Å². The van der Waals surface area contributed by atoms with Crippen molar-refractivity contribution < 1.29 is 14.6 Å². The van der Waals surface area contributed by atoms with Gasteiger partial charge in [-0.25, -0.2) is 0 Å². The number of ether oxygens (including phenoxy) is 1. The van der Waals surface area contributed by atoms with Crippen molar-refractivity contribution in [3.05, 3.63) is 0 Å². The highest BCUT2D eigenvalue weighted by Gasteiger charge is 1.99. The summed E-state index contributed by atoms with van der Waals surface area (Å²) in [4.78, 5) is 9.94. The topological polar surface area (TPSA) is 46.5 Å². The van der Waals surface area contributed by atoms with Crippen molar-refractivity contribution in [2.24, 2.45) is 0 Å². The quantitative estimate of drug-likeness (QED) is 0.492. The zero-order valence-corrected chi connectivity index (χ0v) is 6.02. The molecule has 1 N–H and O–H groups in total. The molecular formula is C4H6Cl2O3. The molecule has 0 aliphatic heterocycles. The van der Waals surface area contributed by atoms with Gasteiger partial charge in [0.15, 0.2) is 5.56 Å². The third-order valence-electron chi connectivity index (χ3n) is 0.471. The highest BCUT2D eigenvalue weighted by molar-refractivity contribution is 6.63. The number of aliphatic hydroxyl groups is 1. The zero-order valence-electron chi connectivity index (χ0n) is 4.51. The number of rotatable bonds is 4. The van der Waals surface area contributed by atoms with Gasteiger partial charge in [0.1, 0.15) is 6.61 Å². The fourth-order valence-corrected chi connectivity index (χ4v) is 0.403. The van der Waals surface area contributed by atoms with Crippen LogP contribution in [0.15, 0.2) is 0 Å². The molecule has 0 bridgehead atoms. The first-order valence-corrected chi connectivity index (χ1v) is 3.02. The van der Waals surface area contributed by atoms with Crippen molar-refractivity contribution >= 4 is 28.4 Å². The van der Waals surface area contributed by atoms with Crippen LogP contribution in [-0.2, 0) is 9.53 Å². The lowest BCUT2D eigenvalue weighted by Crippen LogP contribution is -2.11. The van der Waals surface area contributed by atoms with E-state index in [1.165, 1.54) is 0 Å². The summed E-state index contributed by atoms with van der Waals surface area (Å²) >= 11 is 9.91. The largest absolute Gasteiger partial charge is 0.375 e. The van der Waals surface area contributed by atoms with Crippen LogP contribution < -0.4 is 0 Å². The Kier molecular flexibility index (Phi) is 5.09. The second kappa shape index (κ2) is 4.99. The van der Waals surface area contributed by atoms with Gasteiger partial charge in [-0.15, -0.1) is 0 Å². The summed E-state index contributed by atoms with van der Waals surface area (Å²) in [5, 5.41) is 7.75. The van der Waals surface area contributed by atoms with E-state index in [0.29, 0.717) is 0 Å². The van der Waals surface area contributed by atoms with Gasteiger partial charge in [-0.05, 0) is 11.6 Å². The lowest BCUT2D eigenvalue weighted by atomic mass is 10.7. The third kappa shape index (κ3) is 8.17. The summed E-state index contributed by atoms with van der Waals surface area (Å²) in [5.41, 5.74) is -1.07. The summed E-state index contributed by atoms with van der Waals surface area (Å²) in [6, 6.07) is 0. The molecule has 0 aliphatic carbocycles. The number of aliphatic hydroxyl groups excluding tert-OH is 1. The molecule has 0 amide bonds. The predicted molar refractivity (Wildman–Crippen MR) is 33.5 cm³/mol. The van der Waals surface area contributed by atoms with Crippen LogP contribution in [0.4, 0.5) is 0 Å². The molecule has 0 fully saturated rings. The lowest BCUT2D eigenvalue weighted by Gasteiger charge is -1.99. The molecule has 0 saturated heterocycles. The van der Waals surface area contributed by atoms with E-state index in [2.05, 4.69) is 4.74 Å². The molecule has 0 saturated carbocycles. The smallest absolute Gasteiger partial charge is 0.247 e. The molecule has 0 aliphatic rings. The number of carbonyl (C=O) groups is 1. The van der Waals surface area contributed by atoms with E-state index >= 15 is 0 Å².